The predicted molar refractivity (Wildman–Crippen MR) is 150 cm³/mol. The van der Waals surface area contributed by atoms with Crippen LogP contribution in [0.4, 0.5) is 23.2 Å². The number of rotatable bonds is 9. The number of aryl methyl sites for hydroxylation is 1. The number of halogens is 5. The van der Waals surface area contributed by atoms with Crippen molar-refractivity contribution < 1.29 is 22.3 Å². The van der Waals surface area contributed by atoms with Crippen LogP contribution in [0.3, 0.4) is 0 Å². The number of ether oxygens (including phenoxy) is 1. The molecule has 1 saturated heterocycles. The summed E-state index contributed by atoms with van der Waals surface area (Å²) in [6.07, 6.45) is -0.586. The number of nitrogens with two attached hydrogens (primary N) is 1. The molecule has 200 valence electrons. The number of piperazine rings is 1. The molecule has 1 aromatic heterocycles. The van der Waals surface area contributed by atoms with Gasteiger partial charge in [0.1, 0.15) is 5.75 Å². The van der Waals surface area contributed by atoms with Crippen molar-refractivity contribution in [2.45, 2.75) is 31.9 Å². The first kappa shape index (κ1) is 28.0. The molecule has 12 heteroatoms. The van der Waals surface area contributed by atoms with Gasteiger partial charge in [0.25, 0.3) is 0 Å². The number of aromatic nitrogens is 1. The topological polar surface area (TPSA) is 70.5 Å². The minimum absolute atomic E-state index is 0.131. The highest BCUT2D eigenvalue weighted by Crippen LogP contribution is 2.38. The van der Waals surface area contributed by atoms with E-state index < -0.39 is 18.9 Å². The van der Waals surface area contributed by atoms with Gasteiger partial charge in [-0.1, -0.05) is 6.07 Å². The van der Waals surface area contributed by atoms with Crippen molar-refractivity contribution in [3.63, 3.8) is 0 Å². The normalized spacial score (nSPS) is 17.6. The maximum atomic E-state index is 13.9. The highest BCUT2D eigenvalue weighted by atomic mass is 127. The van der Waals surface area contributed by atoms with Crippen LogP contribution in [0, 0.1) is 12.3 Å². The average molecular weight is 649 g/mol. The first-order valence-electron chi connectivity index (χ1n) is 11.6. The van der Waals surface area contributed by atoms with Gasteiger partial charge in [-0.2, -0.15) is 8.78 Å². The van der Waals surface area contributed by atoms with Gasteiger partial charge in [-0.05, 0) is 42.3 Å². The van der Waals surface area contributed by atoms with Crippen LogP contribution in [-0.2, 0) is 6.54 Å². The predicted octanol–water partition coefficient (Wildman–Crippen LogP) is 6.14. The second-order valence-electron chi connectivity index (χ2n) is 9.16. The number of fused-ring (bicyclic) bond motifs is 1. The summed E-state index contributed by atoms with van der Waals surface area (Å²) in [5.74, 6) is -3.37. The Labute approximate surface area is 229 Å². The van der Waals surface area contributed by atoms with Crippen LogP contribution < -0.4 is 10.5 Å². The third kappa shape index (κ3) is 5.71. The van der Waals surface area contributed by atoms with Crippen molar-refractivity contribution >= 4 is 53.1 Å². The van der Waals surface area contributed by atoms with Gasteiger partial charge in [-0.25, -0.2) is 8.78 Å². The Bertz CT molecular complexity index is 1290. The minimum Gasteiger partial charge on any atom is -0.496 e. The van der Waals surface area contributed by atoms with E-state index in [1.54, 1.807) is 34.4 Å². The lowest BCUT2D eigenvalue weighted by molar-refractivity contribution is -0.147. The van der Waals surface area contributed by atoms with Crippen LogP contribution in [-0.4, -0.2) is 65.6 Å². The Hall–Kier alpha value is -2.03. The summed E-state index contributed by atoms with van der Waals surface area (Å²) in [6, 6.07) is 8.90. The van der Waals surface area contributed by atoms with Crippen LogP contribution >= 0.6 is 30.3 Å². The van der Waals surface area contributed by atoms with Crippen LogP contribution in [0.1, 0.15) is 28.3 Å². The van der Waals surface area contributed by atoms with E-state index in [1.165, 1.54) is 4.90 Å². The van der Waals surface area contributed by atoms with Gasteiger partial charge in [0, 0.05) is 97.2 Å². The number of benzene rings is 2. The maximum Gasteiger partial charge on any atom is 0.319 e. The second kappa shape index (κ2) is 11.4. The van der Waals surface area contributed by atoms with E-state index in [1.807, 2.05) is 25.3 Å². The Morgan fingerprint density at radius 2 is 2.03 bits per heavy atom. The molecular weight excluding hydrogens is 621 g/mol. The SMILES string of the molecule is COc1cc(C)c2c(ccn2SI)c1CN1CCN(CC(F)(F)C(F)F)CC1c1ccc(N)c(C=N)c1. The van der Waals surface area contributed by atoms with Crippen molar-refractivity contribution in [1.82, 2.24) is 13.8 Å². The first-order chi connectivity index (χ1) is 17.6. The van der Waals surface area contributed by atoms with Gasteiger partial charge >= 0.3 is 12.3 Å². The summed E-state index contributed by atoms with van der Waals surface area (Å²) in [6.45, 7) is 2.20. The number of hydrogen-bond donors (Lipinski definition) is 2. The number of anilines is 1. The molecule has 0 saturated carbocycles. The van der Waals surface area contributed by atoms with Crippen molar-refractivity contribution in [3.05, 3.63) is 58.8 Å². The summed E-state index contributed by atoms with van der Waals surface area (Å²) < 4.78 is 61.6. The van der Waals surface area contributed by atoms with E-state index in [2.05, 4.69) is 30.1 Å². The lowest BCUT2D eigenvalue weighted by atomic mass is 9.97. The molecule has 1 aliphatic rings. The standard InChI is InChI=1S/C25H28F4IN5OS/c1-15-9-22(36-2)19(18-5-6-35(37-30)23(15)18)12-34-8-7-33(14-25(28,29)24(26)27)13-21(34)16-3-4-20(32)17(10-16)11-31/h3-6,9-11,21,24,31H,7-8,12-14,32H2,1-2H3. The molecule has 3 aromatic rings. The Balaban J connectivity index is 1.74. The number of nitrogens with zero attached hydrogens (tertiary/aromatic N) is 3. The van der Waals surface area contributed by atoms with Gasteiger partial charge in [0.05, 0.1) is 19.2 Å². The highest BCUT2D eigenvalue weighted by Gasteiger charge is 2.44. The molecule has 0 amide bonds. The van der Waals surface area contributed by atoms with E-state index in [-0.39, 0.29) is 19.1 Å². The van der Waals surface area contributed by atoms with E-state index in [0.29, 0.717) is 24.3 Å². The number of nitrogens with one attached hydrogen (secondary N) is 1. The molecule has 0 spiro atoms. The molecule has 1 aliphatic heterocycles. The Morgan fingerprint density at radius 1 is 1.27 bits per heavy atom. The molecule has 0 bridgehead atoms. The third-order valence-electron chi connectivity index (χ3n) is 6.83. The van der Waals surface area contributed by atoms with Gasteiger partial charge in [0.2, 0.25) is 0 Å². The zero-order chi connectivity index (χ0) is 26.9. The summed E-state index contributed by atoms with van der Waals surface area (Å²) >= 11 is 2.23. The molecule has 3 N–H and O–H groups in total. The van der Waals surface area contributed by atoms with Gasteiger partial charge in [0.15, 0.2) is 0 Å². The van der Waals surface area contributed by atoms with E-state index in [4.69, 9.17) is 15.9 Å². The molecule has 0 aliphatic carbocycles. The number of alkyl halides is 4. The van der Waals surface area contributed by atoms with Crippen LogP contribution in [0.15, 0.2) is 36.5 Å². The lowest BCUT2D eigenvalue weighted by Gasteiger charge is -2.43. The summed E-state index contributed by atoms with van der Waals surface area (Å²) in [5, 5.41) is 8.71. The van der Waals surface area contributed by atoms with Crippen LogP contribution in [0.5, 0.6) is 5.75 Å². The van der Waals surface area contributed by atoms with Crippen molar-refractivity contribution in [1.29, 1.82) is 5.41 Å². The summed E-state index contributed by atoms with van der Waals surface area (Å²) in [5.41, 5.74) is 10.8. The largest absolute Gasteiger partial charge is 0.496 e. The number of hydrogen-bond acceptors (Lipinski definition) is 6. The fourth-order valence-corrected chi connectivity index (χ4v) is 6.36. The van der Waals surface area contributed by atoms with Gasteiger partial charge < -0.3 is 15.9 Å². The lowest BCUT2D eigenvalue weighted by Crippen LogP contribution is -2.52. The zero-order valence-corrected chi connectivity index (χ0v) is 23.3. The van der Waals surface area contributed by atoms with Gasteiger partial charge in [-0.15, -0.1) is 0 Å². The molecule has 1 unspecified atom stereocenters. The van der Waals surface area contributed by atoms with E-state index in [0.717, 1.165) is 39.6 Å². The fraction of sp³-hybridized carbons (Fsp3) is 0.400. The fourth-order valence-electron chi connectivity index (χ4n) is 4.95. The van der Waals surface area contributed by atoms with Crippen LogP contribution in [0.25, 0.3) is 10.9 Å². The summed E-state index contributed by atoms with van der Waals surface area (Å²) in [4.78, 5) is 3.54. The van der Waals surface area contributed by atoms with Crippen molar-refractivity contribution in [2.24, 2.45) is 0 Å². The third-order valence-corrected chi connectivity index (χ3v) is 8.56. The minimum atomic E-state index is -4.10. The number of methoxy groups -OCH3 is 1. The smallest absolute Gasteiger partial charge is 0.319 e. The Morgan fingerprint density at radius 3 is 2.68 bits per heavy atom. The first-order valence-corrected chi connectivity index (χ1v) is 14.9. The summed E-state index contributed by atoms with van der Waals surface area (Å²) in [7, 11) is 3.18. The maximum absolute atomic E-state index is 13.9. The monoisotopic (exact) mass is 649 g/mol. The molecule has 1 atom stereocenters. The Kier molecular flexibility index (Phi) is 8.61. The molecule has 37 heavy (non-hydrogen) atoms. The molecule has 4 rings (SSSR count). The number of nitrogen functional groups attached to an aromatic ring is 1. The van der Waals surface area contributed by atoms with Crippen molar-refractivity contribution in [2.75, 3.05) is 39.0 Å². The van der Waals surface area contributed by atoms with E-state index in [9.17, 15) is 17.6 Å². The molecule has 2 heterocycles. The molecule has 6 nitrogen and oxygen atoms in total. The van der Waals surface area contributed by atoms with Gasteiger partial charge in [-0.3, -0.25) is 13.8 Å². The zero-order valence-electron chi connectivity index (χ0n) is 20.4. The van der Waals surface area contributed by atoms with Crippen molar-refractivity contribution in [3.8, 4) is 5.75 Å². The quantitative estimate of drug-likeness (QED) is 0.126. The molecule has 0 radical (unpaired) electrons. The molecular formula is C25H28F4IN5OS. The molecule has 2 aromatic carbocycles. The van der Waals surface area contributed by atoms with E-state index >= 15 is 0 Å². The second-order valence-corrected chi connectivity index (χ2v) is 10.9. The molecule has 1 fully saturated rings. The average Bonchev–Trinajstić information content (AvgIpc) is 3.31. The van der Waals surface area contributed by atoms with Crippen LogP contribution in [0.2, 0.25) is 0 Å². The highest BCUT2D eigenvalue weighted by molar-refractivity contribution is 14.2.